The SMILES string of the molecule is CN1CCC(N(C)c2ccc(NC(=O)CN)cn2)CC1. The van der Waals surface area contributed by atoms with Gasteiger partial charge in [0.25, 0.3) is 0 Å². The fraction of sp³-hybridized carbons (Fsp3) is 0.571. The molecule has 110 valence electrons. The summed E-state index contributed by atoms with van der Waals surface area (Å²) in [5, 5.41) is 2.69. The van der Waals surface area contributed by atoms with Gasteiger partial charge >= 0.3 is 0 Å². The zero-order chi connectivity index (χ0) is 14.5. The van der Waals surface area contributed by atoms with E-state index >= 15 is 0 Å². The number of hydrogen-bond donors (Lipinski definition) is 2. The molecule has 1 aliphatic heterocycles. The molecule has 20 heavy (non-hydrogen) atoms. The minimum Gasteiger partial charge on any atom is -0.357 e. The first kappa shape index (κ1) is 14.7. The number of aromatic nitrogens is 1. The van der Waals surface area contributed by atoms with Crippen LogP contribution in [-0.4, -0.2) is 55.6 Å². The van der Waals surface area contributed by atoms with E-state index in [4.69, 9.17) is 5.73 Å². The molecule has 0 spiro atoms. The van der Waals surface area contributed by atoms with Crippen LogP contribution in [0.3, 0.4) is 0 Å². The van der Waals surface area contributed by atoms with E-state index in [1.165, 1.54) is 0 Å². The fourth-order valence-electron chi connectivity index (χ4n) is 2.45. The van der Waals surface area contributed by atoms with Crippen molar-refractivity contribution in [3.8, 4) is 0 Å². The number of nitrogens with zero attached hydrogens (tertiary/aromatic N) is 3. The molecule has 2 rings (SSSR count). The van der Waals surface area contributed by atoms with Crippen molar-refractivity contribution >= 4 is 17.4 Å². The molecule has 6 heteroatoms. The van der Waals surface area contributed by atoms with E-state index in [-0.39, 0.29) is 12.5 Å². The first-order chi connectivity index (χ1) is 9.60. The zero-order valence-corrected chi connectivity index (χ0v) is 12.2. The smallest absolute Gasteiger partial charge is 0.238 e. The van der Waals surface area contributed by atoms with Crippen LogP contribution in [0.2, 0.25) is 0 Å². The fourth-order valence-corrected chi connectivity index (χ4v) is 2.45. The van der Waals surface area contributed by atoms with Crippen LogP contribution in [0.5, 0.6) is 0 Å². The Labute approximate surface area is 120 Å². The van der Waals surface area contributed by atoms with Gasteiger partial charge in [0.05, 0.1) is 18.4 Å². The zero-order valence-electron chi connectivity index (χ0n) is 12.2. The van der Waals surface area contributed by atoms with Crippen molar-refractivity contribution in [3.63, 3.8) is 0 Å². The summed E-state index contributed by atoms with van der Waals surface area (Å²) in [7, 11) is 4.24. The molecule has 6 nitrogen and oxygen atoms in total. The first-order valence-electron chi connectivity index (χ1n) is 6.97. The number of pyridine rings is 1. The van der Waals surface area contributed by atoms with Gasteiger partial charge in [-0.15, -0.1) is 0 Å². The number of carbonyl (C=O) groups excluding carboxylic acids is 1. The lowest BCUT2D eigenvalue weighted by molar-refractivity contribution is -0.114. The topological polar surface area (TPSA) is 74.5 Å². The lowest BCUT2D eigenvalue weighted by Crippen LogP contribution is -2.42. The van der Waals surface area contributed by atoms with Gasteiger partial charge in [0.1, 0.15) is 5.82 Å². The Kier molecular flexibility index (Phi) is 4.92. The van der Waals surface area contributed by atoms with Crippen molar-refractivity contribution in [3.05, 3.63) is 18.3 Å². The molecular weight excluding hydrogens is 254 g/mol. The van der Waals surface area contributed by atoms with Crippen LogP contribution in [0.4, 0.5) is 11.5 Å². The Bertz CT molecular complexity index is 439. The molecule has 0 aliphatic carbocycles. The summed E-state index contributed by atoms with van der Waals surface area (Å²) in [6.07, 6.45) is 3.98. The van der Waals surface area contributed by atoms with Gasteiger partial charge in [-0.25, -0.2) is 4.98 Å². The highest BCUT2D eigenvalue weighted by Gasteiger charge is 2.21. The van der Waals surface area contributed by atoms with Crippen molar-refractivity contribution in [2.45, 2.75) is 18.9 Å². The van der Waals surface area contributed by atoms with Gasteiger partial charge in [0.2, 0.25) is 5.91 Å². The lowest BCUT2D eigenvalue weighted by atomic mass is 10.0. The number of carbonyl (C=O) groups is 1. The number of rotatable bonds is 4. The highest BCUT2D eigenvalue weighted by atomic mass is 16.1. The molecular formula is C14H23N5O. The van der Waals surface area contributed by atoms with Gasteiger partial charge in [0.15, 0.2) is 0 Å². The molecule has 0 atom stereocenters. The van der Waals surface area contributed by atoms with E-state index in [0.717, 1.165) is 31.7 Å². The predicted molar refractivity (Wildman–Crippen MR) is 80.8 cm³/mol. The standard InChI is InChI=1S/C14H23N5O/c1-18-7-5-12(6-8-18)19(2)13-4-3-11(10-16-13)17-14(20)9-15/h3-4,10,12H,5-9,15H2,1-2H3,(H,17,20). The highest BCUT2D eigenvalue weighted by molar-refractivity contribution is 5.91. The van der Waals surface area contributed by atoms with Crippen LogP contribution in [-0.2, 0) is 4.79 Å². The normalized spacial score (nSPS) is 16.9. The molecule has 1 aromatic heterocycles. The summed E-state index contributed by atoms with van der Waals surface area (Å²) in [5.74, 6) is 0.730. The Hall–Kier alpha value is -1.66. The number of piperidine rings is 1. The quantitative estimate of drug-likeness (QED) is 0.839. The molecule has 1 aromatic rings. The maximum atomic E-state index is 11.2. The van der Waals surface area contributed by atoms with Crippen LogP contribution < -0.4 is 16.0 Å². The molecule has 1 aliphatic rings. The third-order valence-corrected chi connectivity index (χ3v) is 3.81. The second-order valence-corrected chi connectivity index (χ2v) is 5.30. The monoisotopic (exact) mass is 277 g/mol. The maximum absolute atomic E-state index is 11.2. The third kappa shape index (κ3) is 3.68. The number of likely N-dealkylation sites (tertiary alicyclic amines) is 1. The predicted octanol–water partition coefficient (Wildman–Crippen LogP) is 0.509. The number of anilines is 2. The van der Waals surface area contributed by atoms with Crippen LogP contribution in [0.1, 0.15) is 12.8 Å². The lowest BCUT2D eigenvalue weighted by Gasteiger charge is -2.35. The minimum absolute atomic E-state index is 0.0166. The Morgan fingerprint density at radius 3 is 2.75 bits per heavy atom. The van der Waals surface area contributed by atoms with Gasteiger partial charge in [-0.05, 0) is 45.1 Å². The van der Waals surface area contributed by atoms with E-state index in [0.29, 0.717) is 11.7 Å². The molecule has 0 unspecified atom stereocenters. The van der Waals surface area contributed by atoms with E-state index in [2.05, 4.69) is 34.2 Å². The third-order valence-electron chi connectivity index (χ3n) is 3.81. The summed E-state index contributed by atoms with van der Waals surface area (Å²) in [6.45, 7) is 2.23. The first-order valence-corrected chi connectivity index (χ1v) is 6.97. The Morgan fingerprint density at radius 1 is 1.50 bits per heavy atom. The number of nitrogens with two attached hydrogens (primary N) is 1. The second-order valence-electron chi connectivity index (χ2n) is 5.30. The molecule has 0 radical (unpaired) electrons. The molecule has 0 bridgehead atoms. The van der Waals surface area contributed by atoms with Gasteiger partial charge in [-0.1, -0.05) is 0 Å². The number of amides is 1. The summed E-state index contributed by atoms with van der Waals surface area (Å²) in [4.78, 5) is 20.2. The van der Waals surface area contributed by atoms with E-state index in [9.17, 15) is 4.79 Å². The Morgan fingerprint density at radius 2 is 2.20 bits per heavy atom. The summed E-state index contributed by atoms with van der Waals surface area (Å²) in [5.41, 5.74) is 5.94. The van der Waals surface area contributed by atoms with Crippen molar-refractivity contribution in [1.82, 2.24) is 9.88 Å². The number of hydrogen-bond acceptors (Lipinski definition) is 5. The van der Waals surface area contributed by atoms with Crippen LogP contribution >= 0.6 is 0 Å². The molecule has 1 saturated heterocycles. The summed E-state index contributed by atoms with van der Waals surface area (Å²) >= 11 is 0. The largest absolute Gasteiger partial charge is 0.357 e. The number of nitrogens with one attached hydrogen (secondary N) is 1. The molecule has 1 amide bonds. The molecule has 0 aromatic carbocycles. The second kappa shape index (κ2) is 6.67. The van der Waals surface area contributed by atoms with Crippen molar-refractivity contribution in [2.75, 3.05) is 43.9 Å². The van der Waals surface area contributed by atoms with Crippen LogP contribution in [0.25, 0.3) is 0 Å². The molecule has 3 N–H and O–H groups in total. The highest BCUT2D eigenvalue weighted by Crippen LogP contribution is 2.20. The molecule has 1 fully saturated rings. The van der Waals surface area contributed by atoms with Crippen LogP contribution in [0.15, 0.2) is 18.3 Å². The van der Waals surface area contributed by atoms with E-state index < -0.39 is 0 Å². The Balaban J connectivity index is 1.96. The molecule has 2 heterocycles. The van der Waals surface area contributed by atoms with Gasteiger partial charge < -0.3 is 20.9 Å². The van der Waals surface area contributed by atoms with Crippen LogP contribution in [0, 0.1) is 0 Å². The summed E-state index contributed by atoms with van der Waals surface area (Å²) in [6, 6.07) is 4.33. The van der Waals surface area contributed by atoms with Gasteiger partial charge in [-0.2, -0.15) is 0 Å². The minimum atomic E-state index is -0.205. The van der Waals surface area contributed by atoms with E-state index in [1.807, 2.05) is 12.1 Å². The molecule has 0 saturated carbocycles. The average Bonchev–Trinajstić information content (AvgIpc) is 2.48. The van der Waals surface area contributed by atoms with Crippen molar-refractivity contribution in [2.24, 2.45) is 5.73 Å². The summed E-state index contributed by atoms with van der Waals surface area (Å²) < 4.78 is 0. The van der Waals surface area contributed by atoms with Gasteiger partial charge in [0, 0.05) is 13.1 Å². The maximum Gasteiger partial charge on any atom is 0.238 e. The van der Waals surface area contributed by atoms with Crippen molar-refractivity contribution in [1.29, 1.82) is 0 Å². The van der Waals surface area contributed by atoms with E-state index in [1.54, 1.807) is 6.20 Å². The average molecular weight is 277 g/mol. The van der Waals surface area contributed by atoms with Gasteiger partial charge in [-0.3, -0.25) is 4.79 Å². The van der Waals surface area contributed by atoms with Crippen molar-refractivity contribution < 1.29 is 4.79 Å².